The molecule has 1 nitrogen and oxygen atoms in total. The van der Waals surface area contributed by atoms with E-state index in [1.54, 1.807) is 0 Å². The van der Waals surface area contributed by atoms with Crippen molar-refractivity contribution in [2.24, 2.45) is 5.92 Å². The summed E-state index contributed by atoms with van der Waals surface area (Å²) in [5.41, 5.74) is 2.28. The van der Waals surface area contributed by atoms with Crippen molar-refractivity contribution in [3.05, 3.63) is 40.8 Å². The maximum atomic E-state index is 4.29. The second-order valence-electron chi connectivity index (χ2n) is 6.12. The third-order valence-corrected chi connectivity index (χ3v) is 4.91. The molecule has 1 aromatic carbocycles. The van der Waals surface area contributed by atoms with Crippen LogP contribution in [0.3, 0.4) is 0 Å². The van der Waals surface area contributed by atoms with Crippen molar-refractivity contribution in [2.45, 2.75) is 45.1 Å². The summed E-state index contributed by atoms with van der Waals surface area (Å²) in [5, 5.41) is 1.99. The van der Waals surface area contributed by atoms with Crippen LogP contribution >= 0.6 is 0 Å². The molecule has 2 rings (SSSR count). The highest BCUT2D eigenvalue weighted by Gasteiger charge is 2.23. The third-order valence-electron chi connectivity index (χ3n) is 4.91. The van der Waals surface area contributed by atoms with E-state index in [0.29, 0.717) is 6.04 Å². The van der Waals surface area contributed by atoms with Gasteiger partial charge in [0.25, 0.3) is 0 Å². The third kappa shape index (κ3) is 3.15. The SMILES string of the molecule is C=C(c1ccc(=C)c(=C)c1)N(C)C1CCC(CC)CC1. The Morgan fingerprint density at radius 1 is 1.15 bits per heavy atom. The maximum absolute atomic E-state index is 4.29. The largest absolute Gasteiger partial charge is 0.372 e. The van der Waals surface area contributed by atoms with Crippen LogP contribution in [0.25, 0.3) is 18.9 Å². The van der Waals surface area contributed by atoms with Gasteiger partial charge in [0.2, 0.25) is 0 Å². The number of rotatable bonds is 4. The first kappa shape index (κ1) is 14.9. The van der Waals surface area contributed by atoms with Gasteiger partial charge in [0.15, 0.2) is 0 Å². The van der Waals surface area contributed by atoms with Crippen molar-refractivity contribution in [3.8, 4) is 0 Å². The maximum Gasteiger partial charge on any atom is 0.0366 e. The van der Waals surface area contributed by atoms with Crippen molar-refractivity contribution in [1.29, 1.82) is 0 Å². The number of nitrogens with zero attached hydrogens (tertiary/aromatic N) is 1. The summed E-state index contributed by atoms with van der Waals surface area (Å²) in [5.74, 6) is 0.935. The van der Waals surface area contributed by atoms with Crippen molar-refractivity contribution >= 4 is 18.9 Å². The summed E-state index contributed by atoms with van der Waals surface area (Å²) >= 11 is 0. The molecule has 20 heavy (non-hydrogen) atoms. The van der Waals surface area contributed by atoms with Crippen LogP contribution in [0, 0.1) is 5.92 Å². The first-order valence-corrected chi connectivity index (χ1v) is 7.73. The Morgan fingerprint density at radius 2 is 1.80 bits per heavy atom. The molecule has 0 amide bonds. The van der Waals surface area contributed by atoms with Gasteiger partial charge < -0.3 is 4.90 Å². The van der Waals surface area contributed by atoms with E-state index >= 15 is 0 Å². The molecule has 1 saturated carbocycles. The van der Waals surface area contributed by atoms with E-state index in [1.807, 2.05) is 6.07 Å². The van der Waals surface area contributed by atoms with E-state index < -0.39 is 0 Å². The number of benzene rings is 1. The Labute approximate surface area is 123 Å². The minimum atomic E-state index is 0.637. The van der Waals surface area contributed by atoms with Crippen molar-refractivity contribution in [1.82, 2.24) is 4.90 Å². The Bertz CT molecular complexity index is 564. The van der Waals surface area contributed by atoms with E-state index in [1.165, 1.54) is 37.7 Å². The molecule has 0 radical (unpaired) electrons. The van der Waals surface area contributed by atoms with Gasteiger partial charge in [0.1, 0.15) is 0 Å². The van der Waals surface area contributed by atoms with Gasteiger partial charge in [-0.25, -0.2) is 0 Å². The second kappa shape index (κ2) is 6.30. The highest BCUT2D eigenvalue weighted by Crippen LogP contribution is 2.31. The second-order valence-corrected chi connectivity index (χ2v) is 6.12. The van der Waals surface area contributed by atoms with E-state index in [-0.39, 0.29) is 0 Å². The normalized spacial score (nSPS) is 22.5. The van der Waals surface area contributed by atoms with Gasteiger partial charge in [-0.2, -0.15) is 0 Å². The number of hydrogen-bond donors (Lipinski definition) is 0. The smallest absolute Gasteiger partial charge is 0.0366 e. The quantitative estimate of drug-likeness (QED) is 0.810. The summed E-state index contributed by atoms with van der Waals surface area (Å²) in [6.45, 7) is 14.6. The predicted molar refractivity (Wildman–Crippen MR) is 89.6 cm³/mol. The first-order chi connectivity index (χ1) is 9.52. The van der Waals surface area contributed by atoms with Gasteiger partial charge >= 0.3 is 0 Å². The molecule has 1 aliphatic rings. The van der Waals surface area contributed by atoms with E-state index in [2.05, 4.69) is 50.7 Å². The molecule has 1 aromatic rings. The lowest BCUT2D eigenvalue weighted by atomic mass is 9.84. The Hall–Kier alpha value is -1.50. The lowest BCUT2D eigenvalue weighted by molar-refractivity contribution is 0.218. The predicted octanol–water partition coefficient (Wildman–Crippen LogP) is 3.38. The molecular weight excluding hydrogens is 242 g/mol. The fourth-order valence-corrected chi connectivity index (χ4v) is 3.17. The van der Waals surface area contributed by atoms with Gasteiger partial charge in [0, 0.05) is 18.8 Å². The lowest BCUT2D eigenvalue weighted by Gasteiger charge is -2.36. The monoisotopic (exact) mass is 269 g/mol. The van der Waals surface area contributed by atoms with Crippen LogP contribution in [0.4, 0.5) is 0 Å². The van der Waals surface area contributed by atoms with Crippen LogP contribution in [0.1, 0.15) is 44.6 Å². The molecule has 1 heteroatoms. The molecule has 0 atom stereocenters. The topological polar surface area (TPSA) is 3.24 Å². The van der Waals surface area contributed by atoms with Crippen LogP contribution in [0.2, 0.25) is 0 Å². The molecule has 0 aromatic heterocycles. The van der Waals surface area contributed by atoms with Crippen LogP contribution in [0.15, 0.2) is 24.8 Å². The molecular formula is C19H27N. The zero-order chi connectivity index (χ0) is 14.7. The minimum Gasteiger partial charge on any atom is -0.372 e. The average Bonchev–Trinajstić information content (AvgIpc) is 2.48. The average molecular weight is 269 g/mol. The van der Waals surface area contributed by atoms with Crippen LogP contribution in [-0.4, -0.2) is 18.0 Å². The van der Waals surface area contributed by atoms with Crippen LogP contribution in [0.5, 0.6) is 0 Å². The lowest BCUT2D eigenvalue weighted by Crippen LogP contribution is -2.34. The highest BCUT2D eigenvalue weighted by atomic mass is 15.1. The highest BCUT2D eigenvalue weighted by molar-refractivity contribution is 5.62. The minimum absolute atomic E-state index is 0.637. The summed E-state index contributed by atoms with van der Waals surface area (Å²) in [6, 6.07) is 6.87. The molecule has 108 valence electrons. The van der Waals surface area contributed by atoms with Crippen LogP contribution in [-0.2, 0) is 0 Å². The summed E-state index contributed by atoms with van der Waals surface area (Å²) < 4.78 is 0. The van der Waals surface area contributed by atoms with Gasteiger partial charge in [-0.05, 0) is 53.7 Å². The molecule has 1 fully saturated rings. The van der Waals surface area contributed by atoms with Crippen molar-refractivity contribution in [2.75, 3.05) is 7.05 Å². The Balaban J connectivity index is 2.07. The fraction of sp³-hybridized carbons (Fsp3) is 0.474. The first-order valence-electron chi connectivity index (χ1n) is 7.73. The molecule has 0 heterocycles. The Morgan fingerprint density at radius 3 is 2.35 bits per heavy atom. The van der Waals surface area contributed by atoms with E-state index in [0.717, 1.165) is 22.1 Å². The summed E-state index contributed by atoms with van der Waals surface area (Å²) in [7, 11) is 2.18. The standard InChI is InChI=1S/C19H27N/c1-6-17-8-11-19(12-9-17)20(5)16(4)18-10-7-14(2)15(3)13-18/h7,10,13,17,19H,2-4,6,8-9,11-12H2,1,5H3. The fourth-order valence-electron chi connectivity index (χ4n) is 3.17. The zero-order valence-electron chi connectivity index (χ0n) is 13.0. The molecule has 0 unspecified atom stereocenters. The van der Waals surface area contributed by atoms with Gasteiger partial charge in [-0.3, -0.25) is 0 Å². The van der Waals surface area contributed by atoms with E-state index in [9.17, 15) is 0 Å². The molecule has 0 N–H and O–H groups in total. The van der Waals surface area contributed by atoms with Crippen molar-refractivity contribution in [3.63, 3.8) is 0 Å². The molecule has 0 spiro atoms. The molecule has 0 aliphatic heterocycles. The molecule has 1 aliphatic carbocycles. The van der Waals surface area contributed by atoms with Gasteiger partial charge in [0.05, 0.1) is 0 Å². The molecule has 0 saturated heterocycles. The van der Waals surface area contributed by atoms with Crippen molar-refractivity contribution < 1.29 is 0 Å². The van der Waals surface area contributed by atoms with Gasteiger partial charge in [-0.15, -0.1) is 0 Å². The van der Waals surface area contributed by atoms with Gasteiger partial charge in [-0.1, -0.05) is 45.2 Å². The summed E-state index contributed by atoms with van der Waals surface area (Å²) in [6.07, 6.45) is 6.62. The van der Waals surface area contributed by atoms with Crippen LogP contribution < -0.4 is 10.4 Å². The summed E-state index contributed by atoms with van der Waals surface area (Å²) in [4.78, 5) is 2.36. The zero-order valence-corrected chi connectivity index (χ0v) is 13.0. The Kier molecular flexibility index (Phi) is 4.69. The molecule has 0 bridgehead atoms. The number of hydrogen-bond acceptors (Lipinski definition) is 1. The van der Waals surface area contributed by atoms with E-state index in [4.69, 9.17) is 0 Å².